The summed E-state index contributed by atoms with van der Waals surface area (Å²) < 4.78 is 2.15. The van der Waals surface area contributed by atoms with Crippen LogP contribution in [0.5, 0.6) is 0 Å². The largest absolute Gasteiger partial charge is 0.333 e. The zero-order valence-electron chi connectivity index (χ0n) is 11.4. The predicted molar refractivity (Wildman–Crippen MR) is 75.7 cm³/mol. The van der Waals surface area contributed by atoms with Crippen LogP contribution in [0.3, 0.4) is 0 Å². The van der Waals surface area contributed by atoms with Crippen molar-refractivity contribution in [2.24, 2.45) is 0 Å². The first-order valence-corrected chi connectivity index (χ1v) is 6.52. The zero-order chi connectivity index (χ0) is 13.0. The molecule has 2 aromatic rings. The van der Waals surface area contributed by atoms with Crippen LogP contribution in [0.15, 0.2) is 36.8 Å². The van der Waals surface area contributed by atoms with Gasteiger partial charge in [-0.2, -0.15) is 0 Å². The van der Waals surface area contributed by atoms with Crippen molar-refractivity contribution in [2.75, 3.05) is 13.6 Å². The van der Waals surface area contributed by atoms with Gasteiger partial charge in [0, 0.05) is 24.3 Å². The smallest absolute Gasteiger partial charge is 0.0956 e. The van der Waals surface area contributed by atoms with E-state index in [0.29, 0.717) is 6.04 Å². The average molecular weight is 243 g/mol. The van der Waals surface area contributed by atoms with E-state index in [4.69, 9.17) is 0 Å². The van der Waals surface area contributed by atoms with Crippen LogP contribution < -0.4 is 5.32 Å². The molecule has 2 rings (SSSR count). The molecule has 1 aromatic heterocycles. The van der Waals surface area contributed by atoms with Crippen molar-refractivity contribution in [1.29, 1.82) is 0 Å². The first-order chi connectivity index (χ1) is 8.74. The Hall–Kier alpha value is -1.61. The van der Waals surface area contributed by atoms with Crippen LogP contribution in [0.1, 0.15) is 25.5 Å². The molecule has 1 aromatic carbocycles. The molecule has 0 fully saturated rings. The van der Waals surface area contributed by atoms with Gasteiger partial charge in [0.15, 0.2) is 0 Å². The molecule has 1 N–H and O–H groups in total. The molecule has 0 amide bonds. The van der Waals surface area contributed by atoms with Gasteiger partial charge in [-0.1, -0.05) is 31.2 Å². The van der Waals surface area contributed by atoms with Crippen molar-refractivity contribution in [3.8, 4) is 11.3 Å². The number of hydrogen-bond acceptors (Lipinski definition) is 2. The molecule has 0 aliphatic carbocycles. The van der Waals surface area contributed by atoms with Gasteiger partial charge in [0.25, 0.3) is 0 Å². The lowest BCUT2D eigenvalue weighted by Gasteiger charge is -2.11. The van der Waals surface area contributed by atoms with Gasteiger partial charge in [-0.25, -0.2) is 4.98 Å². The lowest BCUT2D eigenvalue weighted by Crippen LogP contribution is -2.18. The summed E-state index contributed by atoms with van der Waals surface area (Å²) in [6, 6.07) is 9.06. The van der Waals surface area contributed by atoms with Crippen molar-refractivity contribution < 1.29 is 0 Å². The molecule has 0 unspecified atom stereocenters. The first kappa shape index (κ1) is 12.8. The summed E-state index contributed by atoms with van der Waals surface area (Å²) in [6.07, 6.45) is 5.10. The molecule has 96 valence electrons. The van der Waals surface area contributed by atoms with Crippen molar-refractivity contribution in [1.82, 2.24) is 14.9 Å². The Morgan fingerprint density at radius 2 is 2.00 bits per heavy atom. The summed E-state index contributed by atoms with van der Waals surface area (Å²) in [5, 5.41) is 3.18. The van der Waals surface area contributed by atoms with Crippen LogP contribution >= 0.6 is 0 Å². The summed E-state index contributed by atoms with van der Waals surface area (Å²) in [5.41, 5.74) is 3.59. The quantitative estimate of drug-likeness (QED) is 0.875. The van der Waals surface area contributed by atoms with Crippen LogP contribution in [0, 0.1) is 0 Å². The van der Waals surface area contributed by atoms with Crippen LogP contribution in [0.25, 0.3) is 11.3 Å². The minimum Gasteiger partial charge on any atom is -0.333 e. The molecule has 0 saturated carbocycles. The molecule has 3 heteroatoms. The Kier molecular flexibility index (Phi) is 4.15. The molecule has 0 spiro atoms. The molecular weight excluding hydrogens is 222 g/mol. The Morgan fingerprint density at radius 3 is 2.61 bits per heavy atom. The standard InChI is InChI=1S/C15H21N3/c1-4-13-5-7-14(8-6-13)15-10-18(11-17-15)12(2)9-16-3/h5-8,10-12,16H,4,9H2,1-3H3/t12-/m1/s1. The van der Waals surface area contributed by atoms with Gasteiger partial charge in [0.05, 0.1) is 12.0 Å². The van der Waals surface area contributed by atoms with Gasteiger partial charge < -0.3 is 9.88 Å². The van der Waals surface area contributed by atoms with E-state index >= 15 is 0 Å². The van der Waals surface area contributed by atoms with E-state index in [0.717, 1.165) is 18.7 Å². The second kappa shape index (κ2) is 5.83. The van der Waals surface area contributed by atoms with E-state index in [1.807, 2.05) is 13.4 Å². The molecule has 0 aliphatic heterocycles. The first-order valence-electron chi connectivity index (χ1n) is 6.52. The van der Waals surface area contributed by atoms with Crippen molar-refractivity contribution in [3.05, 3.63) is 42.4 Å². The number of benzene rings is 1. The fourth-order valence-electron chi connectivity index (χ4n) is 2.04. The van der Waals surface area contributed by atoms with E-state index < -0.39 is 0 Å². The second-order valence-electron chi connectivity index (χ2n) is 4.66. The molecule has 0 bridgehead atoms. The third kappa shape index (κ3) is 2.79. The molecule has 0 radical (unpaired) electrons. The highest BCUT2D eigenvalue weighted by molar-refractivity contribution is 5.58. The van der Waals surface area contributed by atoms with Crippen LogP contribution in [0.4, 0.5) is 0 Å². The van der Waals surface area contributed by atoms with Gasteiger partial charge in [-0.3, -0.25) is 0 Å². The highest BCUT2D eigenvalue weighted by atomic mass is 15.1. The van der Waals surface area contributed by atoms with E-state index in [1.54, 1.807) is 0 Å². The van der Waals surface area contributed by atoms with Gasteiger partial charge in [-0.05, 0) is 26.0 Å². The molecule has 0 saturated heterocycles. The lowest BCUT2D eigenvalue weighted by atomic mass is 10.1. The van der Waals surface area contributed by atoms with Crippen molar-refractivity contribution in [2.45, 2.75) is 26.3 Å². The third-order valence-corrected chi connectivity index (χ3v) is 3.27. The Labute approximate surface area is 109 Å². The van der Waals surface area contributed by atoms with Gasteiger partial charge in [-0.15, -0.1) is 0 Å². The molecule has 1 heterocycles. The van der Waals surface area contributed by atoms with Crippen LogP contribution in [0.2, 0.25) is 0 Å². The number of nitrogens with zero attached hydrogens (tertiary/aromatic N) is 2. The summed E-state index contributed by atoms with van der Waals surface area (Å²) >= 11 is 0. The maximum atomic E-state index is 4.48. The number of imidazole rings is 1. The number of rotatable bonds is 5. The Morgan fingerprint density at radius 1 is 1.28 bits per heavy atom. The topological polar surface area (TPSA) is 29.9 Å². The SMILES string of the molecule is CCc1ccc(-c2cn([C@H](C)CNC)cn2)cc1. The maximum absolute atomic E-state index is 4.48. The predicted octanol–water partition coefficient (Wildman–Crippen LogP) is 2.89. The van der Waals surface area contributed by atoms with E-state index in [2.05, 4.69) is 59.2 Å². The van der Waals surface area contributed by atoms with Crippen LogP contribution in [-0.2, 0) is 6.42 Å². The van der Waals surface area contributed by atoms with Crippen molar-refractivity contribution in [3.63, 3.8) is 0 Å². The van der Waals surface area contributed by atoms with E-state index in [1.165, 1.54) is 11.1 Å². The third-order valence-electron chi connectivity index (χ3n) is 3.27. The van der Waals surface area contributed by atoms with Crippen molar-refractivity contribution >= 4 is 0 Å². The molecule has 1 atom stereocenters. The molecule has 18 heavy (non-hydrogen) atoms. The Balaban J connectivity index is 2.18. The molecular formula is C15H21N3. The van der Waals surface area contributed by atoms with Gasteiger partial charge in [0.1, 0.15) is 0 Å². The summed E-state index contributed by atoms with van der Waals surface area (Å²) in [7, 11) is 1.97. The second-order valence-corrected chi connectivity index (χ2v) is 4.66. The Bertz CT molecular complexity index is 485. The highest BCUT2D eigenvalue weighted by Crippen LogP contribution is 2.19. The minimum atomic E-state index is 0.422. The number of aryl methyl sites for hydroxylation is 1. The summed E-state index contributed by atoms with van der Waals surface area (Å²) in [4.78, 5) is 4.48. The van der Waals surface area contributed by atoms with Gasteiger partial charge >= 0.3 is 0 Å². The highest BCUT2D eigenvalue weighted by Gasteiger charge is 2.06. The monoisotopic (exact) mass is 243 g/mol. The molecule has 3 nitrogen and oxygen atoms in total. The molecule has 0 aliphatic rings. The van der Waals surface area contributed by atoms with E-state index in [-0.39, 0.29) is 0 Å². The van der Waals surface area contributed by atoms with Crippen LogP contribution in [-0.4, -0.2) is 23.1 Å². The fraction of sp³-hybridized carbons (Fsp3) is 0.400. The lowest BCUT2D eigenvalue weighted by molar-refractivity contribution is 0.517. The zero-order valence-corrected chi connectivity index (χ0v) is 11.4. The number of aromatic nitrogens is 2. The van der Waals surface area contributed by atoms with Gasteiger partial charge in [0.2, 0.25) is 0 Å². The summed E-state index contributed by atoms with van der Waals surface area (Å²) in [5.74, 6) is 0. The average Bonchev–Trinajstić information content (AvgIpc) is 2.89. The number of nitrogens with one attached hydrogen (secondary N) is 1. The normalized spacial score (nSPS) is 12.6. The fourth-order valence-corrected chi connectivity index (χ4v) is 2.04. The number of likely N-dealkylation sites (N-methyl/N-ethyl adjacent to an activating group) is 1. The minimum absolute atomic E-state index is 0.422. The van der Waals surface area contributed by atoms with E-state index in [9.17, 15) is 0 Å². The maximum Gasteiger partial charge on any atom is 0.0956 e. The summed E-state index contributed by atoms with van der Waals surface area (Å²) in [6.45, 7) is 5.30. The number of hydrogen-bond donors (Lipinski definition) is 1.